The highest BCUT2D eigenvalue weighted by atomic mass is 17.0. The Kier molecular flexibility index (Phi) is 1.25. The lowest BCUT2D eigenvalue weighted by Gasteiger charge is -2.44. The van der Waals surface area contributed by atoms with Crippen LogP contribution in [-0.4, -0.2) is 42.3 Å². The van der Waals surface area contributed by atoms with E-state index in [1.54, 1.807) is 0 Å². The van der Waals surface area contributed by atoms with Crippen molar-refractivity contribution in [1.82, 2.24) is 0 Å². The van der Waals surface area contributed by atoms with Crippen LogP contribution in [0.2, 0.25) is 0 Å². The van der Waals surface area contributed by atoms with Gasteiger partial charge in [-0.05, 0) is 13.8 Å². The molecule has 0 radical (unpaired) electrons. The molecule has 4 heterocycles. The average Bonchev–Trinajstić information content (AvgIpc) is 2.51. The van der Waals surface area contributed by atoms with Gasteiger partial charge >= 0.3 is 0 Å². The first-order valence-electron chi connectivity index (χ1n) is 6.27. The fourth-order valence-electron chi connectivity index (χ4n) is 4.60. The maximum atomic E-state index is 6.04. The van der Waals surface area contributed by atoms with Crippen LogP contribution in [0.4, 0.5) is 0 Å². The second-order valence-corrected chi connectivity index (χ2v) is 6.56. The molecular weight excluding hydrogens is 224 g/mol. The summed E-state index contributed by atoms with van der Waals surface area (Å²) in [6.45, 7) is 7.16. The zero-order valence-electron chi connectivity index (χ0n) is 10.2. The molecule has 0 aromatic carbocycles. The van der Waals surface area contributed by atoms with E-state index in [4.69, 9.17) is 23.7 Å². The van der Waals surface area contributed by atoms with Crippen LogP contribution >= 0.6 is 0 Å². The minimum atomic E-state index is -0.914. The summed E-state index contributed by atoms with van der Waals surface area (Å²) in [7, 11) is 0. The largest absolute Gasteiger partial charge is 0.365 e. The summed E-state index contributed by atoms with van der Waals surface area (Å²) in [5.74, 6) is -0.660. The van der Waals surface area contributed by atoms with Crippen LogP contribution in [0.5, 0.6) is 0 Å². The Morgan fingerprint density at radius 1 is 1.00 bits per heavy atom. The normalized spacial score (nSPS) is 69.0. The molecule has 2 bridgehead atoms. The zero-order valence-corrected chi connectivity index (χ0v) is 10.2. The zero-order chi connectivity index (χ0) is 11.7. The summed E-state index contributed by atoms with van der Waals surface area (Å²) in [4.78, 5) is 0. The molecule has 0 amide bonds. The third kappa shape index (κ3) is 0.814. The Hall–Kier alpha value is -0.200. The first kappa shape index (κ1) is 9.69. The van der Waals surface area contributed by atoms with Crippen molar-refractivity contribution < 1.29 is 23.7 Å². The van der Waals surface area contributed by atoms with Crippen molar-refractivity contribution in [2.45, 2.75) is 49.8 Å². The maximum Gasteiger partial charge on any atom is 0.283 e. The van der Waals surface area contributed by atoms with Crippen molar-refractivity contribution in [3.05, 3.63) is 0 Å². The molecule has 5 aliphatic rings. The van der Waals surface area contributed by atoms with Gasteiger partial charge in [-0.2, -0.15) is 0 Å². The SMILES string of the molecule is CC12OCC3(OCC45OC(C)(C)C4C5C3O1)O2. The summed E-state index contributed by atoms with van der Waals surface area (Å²) in [5.41, 5.74) is -0.143. The van der Waals surface area contributed by atoms with E-state index in [2.05, 4.69) is 13.8 Å². The highest BCUT2D eigenvalue weighted by Gasteiger charge is 2.89. The van der Waals surface area contributed by atoms with Crippen LogP contribution in [0.15, 0.2) is 0 Å². The van der Waals surface area contributed by atoms with Gasteiger partial charge in [-0.25, -0.2) is 0 Å². The molecule has 2 spiro atoms. The van der Waals surface area contributed by atoms with E-state index in [-0.39, 0.29) is 17.3 Å². The summed E-state index contributed by atoms with van der Waals surface area (Å²) in [6, 6.07) is 0. The highest BCUT2D eigenvalue weighted by molar-refractivity contribution is 5.33. The molecule has 17 heavy (non-hydrogen) atoms. The first-order valence-corrected chi connectivity index (χ1v) is 6.27. The molecule has 0 N–H and O–H groups in total. The molecule has 0 aromatic rings. The van der Waals surface area contributed by atoms with Crippen LogP contribution in [0.25, 0.3) is 0 Å². The van der Waals surface area contributed by atoms with Crippen LogP contribution < -0.4 is 0 Å². The van der Waals surface area contributed by atoms with Gasteiger partial charge < -0.3 is 18.9 Å². The van der Waals surface area contributed by atoms with Crippen molar-refractivity contribution in [1.29, 1.82) is 0 Å². The number of ether oxygens (including phenoxy) is 5. The average molecular weight is 240 g/mol. The number of hydrogen-bond acceptors (Lipinski definition) is 5. The molecule has 6 unspecified atom stereocenters. The van der Waals surface area contributed by atoms with Gasteiger partial charge in [-0.3, -0.25) is 4.74 Å². The van der Waals surface area contributed by atoms with Gasteiger partial charge in [0.25, 0.3) is 5.97 Å². The van der Waals surface area contributed by atoms with E-state index in [9.17, 15) is 0 Å². The number of hydrogen-bond donors (Lipinski definition) is 0. The van der Waals surface area contributed by atoms with Gasteiger partial charge in [0.1, 0.15) is 18.3 Å². The lowest BCUT2D eigenvalue weighted by molar-refractivity contribution is -0.299. The van der Waals surface area contributed by atoms with E-state index in [1.165, 1.54) is 0 Å². The molecule has 5 nitrogen and oxygen atoms in total. The topological polar surface area (TPSA) is 46.2 Å². The van der Waals surface area contributed by atoms with Crippen LogP contribution in [-0.2, 0) is 23.7 Å². The Morgan fingerprint density at radius 3 is 2.53 bits per heavy atom. The van der Waals surface area contributed by atoms with Gasteiger partial charge in [-0.15, -0.1) is 0 Å². The molecule has 5 heteroatoms. The molecular formula is C12H16O5. The van der Waals surface area contributed by atoms with E-state index in [0.717, 1.165) is 0 Å². The molecule has 6 atom stereocenters. The Bertz CT molecular complexity index is 437. The second-order valence-electron chi connectivity index (χ2n) is 6.56. The molecule has 4 saturated heterocycles. The quantitative estimate of drug-likeness (QED) is 0.621. The van der Waals surface area contributed by atoms with Crippen LogP contribution in [0.3, 0.4) is 0 Å². The van der Waals surface area contributed by atoms with Crippen LogP contribution in [0.1, 0.15) is 20.8 Å². The van der Waals surface area contributed by atoms with Gasteiger partial charge in [0.05, 0.1) is 12.2 Å². The molecule has 0 aromatic heterocycles. The summed E-state index contributed by atoms with van der Waals surface area (Å²) in [6.07, 6.45) is -0.0400. The fraction of sp³-hybridized carbons (Fsp3) is 1.00. The van der Waals surface area contributed by atoms with Gasteiger partial charge in [-0.1, -0.05) is 0 Å². The third-order valence-corrected chi connectivity index (χ3v) is 5.08. The molecule has 5 fully saturated rings. The highest BCUT2D eigenvalue weighted by Crippen LogP contribution is 2.76. The van der Waals surface area contributed by atoms with Crippen molar-refractivity contribution in [3.63, 3.8) is 0 Å². The molecule has 1 aliphatic carbocycles. The number of rotatable bonds is 0. The Balaban J connectivity index is 1.56. The summed E-state index contributed by atoms with van der Waals surface area (Å²) in [5, 5.41) is 0. The van der Waals surface area contributed by atoms with Crippen molar-refractivity contribution in [2.24, 2.45) is 11.8 Å². The lowest BCUT2D eigenvalue weighted by Crippen LogP contribution is -2.57. The smallest absolute Gasteiger partial charge is 0.283 e. The van der Waals surface area contributed by atoms with E-state index in [0.29, 0.717) is 25.0 Å². The molecule has 5 rings (SSSR count). The Labute approximate surface area is 99.3 Å². The maximum absolute atomic E-state index is 6.04. The van der Waals surface area contributed by atoms with Crippen molar-refractivity contribution in [3.8, 4) is 0 Å². The predicted octanol–water partition coefficient (Wildman–Crippen LogP) is 0.626. The molecule has 94 valence electrons. The van der Waals surface area contributed by atoms with Gasteiger partial charge in [0, 0.05) is 18.8 Å². The summed E-state index contributed by atoms with van der Waals surface area (Å²) < 4.78 is 29.2. The first-order chi connectivity index (χ1) is 7.91. The monoisotopic (exact) mass is 240 g/mol. The van der Waals surface area contributed by atoms with Crippen molar-refractivity contribution >= 4 is 0 Å². The minimum Gasteiger partial charge on any atom is -0.365 e. The van der Waals surface area contributed by atoms with Gasteiger partial charge in [0.2, 0.25) is 5.79 Å². The second kappa shape index (κ2) is 2.18. The number of fused-ring (bicyclic) bond motifs is 3. The molecule has 1 saturated carbocycles. The van der Waals surface area contributed by atoms with E-state index in [1.807, 2.05) is 6.92 Å². The fourth-order valence-corrected chi connectivity index (χ4v) is 4.60. The Morgan fingerprint density at radius 2 is 1.82 bits per heavy atom. The van der Waals surface area contributed by atoms with Gasteiger partial charge in [0.15, 0.2) is 0 Å². The minimum absolute atomic E-state index is 0.0400. The van der Waals surface area contributed by atoms with E-state index >= 15 is 0 Å². The summed E-state index contributed by atoms with van der Waals surface area (Å²) >= 11 is 0. The third-order valence-electron chi connectivity index (χ3n) is 5.08. The predicted molar refractivity (Wildman–Crippen MR) is 53.9 cm³/mol. The molecule has 4 aliphatic heterocycles. The van der Waals surface area contributed by atoms with Crippen molar-refractivity contribution in [2.75, 3.05) is 13.2 Å². The van der Waals surface area contributed by atoms with Crippen LogP contribution in [0, 0.1) is 11.8 Å². The van der Waals surface area contributed by atoms with E-state index < -0.39 is 11.8 Å². The lowest BCUT2D eigenvalue weighted by atomic mass is 9.93. The standard InChI is InChI=1S/C12H16O5/c1-9(2)7-6-8-12(14-4-11(6,7)16-9)5-13-10(3,15-8)17-12/h6-8H,4-5H2,1-3H3.